The molecule has 8 nitrogen and oxygen atoms in total. The van der Waals surface area contributed by atoms with E-state index in [-0.39, 0.29) is 0 Å². The van der Waals surface area contributed by atoms with Crippen LogP contribution < -0.4 is 10.6 Å². The van der Waals surface area contributed by atoms with Gasteiger partial charge in [0.25, 0.3) is 0 Å². The molecule has 3 aromatic heterocycles. The van der Waals surface area contributed by atoms with Gasteiger partial charge in [-0.3, -0.25) is 4.68 Å². The molecule has 0 spiro atoms. The van der Waals surface area contributed by atoms with Crippen LogP contribution in [0.2, 0.25) is 0 Å². The molecule has 0 amide bonds. The largest absolute Gasteiger partial charge is 0.357 e. The quantitative estimate of drug-likeness (QED) is 0.767. The van der Waals surface area contributed by atoms with Crippen LogP contribution in [0.5, 0.6) is 0 Å². The maximum atomic E-state index is 6.27. The topological polar surface area (TPSA) is 98.9 Å². The number of hydrogen-bond donors (Lipinski definition) is 1. The van der Waals surface area contributed by atoms with Crippen LogP contribution in [0.25, 0.3) is 11.4 Å². The summed E-state index contributed by atoms with van der Waals surface area (Å²) in [6.07, 6.45) is 7.28. The molecule has 0 radical (unpaired) electrons. The number of hydrogen-bond acceptors (Lipinski definition) is 7. The third kappa shape index (κ3) is 3.08. The van der Waals surface area contributed by atoms with Gasteiger partial charge in [-0.15, -0.1) is 0 Å². The first-order valence-corrected chi connectivity index (χ1v) is 8.92. The zero-order valence-corrected chi connectivity index (χ0v) is 15.1. The number of anilines is 1. The molecule has 2 N–H and O–H groups in total. The average molecular weight is 353 g/mol. The van der Waals surface area contributed by atoms with E-state index in [0.29, 0.717) is 11.7 Å². The normalized spacial score (nSPS) is 16.0. The predicted octanol–water partition coefficient (Wildman–Crippen LogP) is 2.21. The summed E-state index contributed by atoms with van der Waals surface area (Å²) in [5.74, 6) is 1.87. The summed E-state index contributed by atoms with van der Waals surface area (Å²) in [6.45, 7) is 4.10. The van der Waals surface area contributed by atoms with Crippen molar-refractivity contribution in [3.63, 3.8) is 0 Å². The second-order valence-electron chi connectivity index (χ2n) is 6.70. The van der Waals surface area contributed by atoms with Crippen LogP contribution in [0.15, 0.2) is 29.0 Å². The third-order valence-corrected chi connectivity index (χ3v) is 5.00. The molecule has 1 unspecified atom stereocenters. The molecule has 0 aromatic carbocycles. The molecule has 0 aliphatic carbocycles. The van der Waals surface area contributed by atoms with Gasteiger partial charge < -0.3 is 15.2 Å². The molecule has 1 fully saturated rings. The average Bonchev–Trinajstić information content (AvgIpc) is 3.30. The van der Waals surface area contributed by atoms with Crippen molar-refractivity contribution in [1.82, 2.24) is 24.9 Å². The van der Waals surface area contributed by atoms with Crippen molar-refractivity contribution in [3.05, 3.63) is 41.7 Å². The van der Waals surface area contributed by atoms with Crippen molar-refractivity contribution in [3.8, 4) is 11.4 Å². The van der Waals surface area contributed by atoms with Gasteiger partial charge in [-0.05, 0) is 38.3 Å². The summed E-state index contributed by atoms with van der Waals surface area (Å²) < 4.78 is 7.16. The van der Waals surface area contributed by atoms with Crippen molar-refractivity contribution in [2.75, 3.05) is 18.0 Å². The number of piperidine rings is 1. The highest BCUT2D eigenvalue weighted by molar-refractivity contribution is 5.56. The summed E-state index contributed by atoms with van der Waals surface area (Å²) in [5.41, 5.74) is 8.94. The van der Waals surface area contributed by atoms with Gasteiger partial charge >= 0.3 is 0 Å². The minimum atomic E-state index is -0.495. The summed E-state index contributed by atoms with van der Waals surface area (Å²) in [4.78, 5) is 11.3. The zero-order valence-electron chi connectivity index (χ0n) is 15.1. The molecule has 4 heterocycles. The second kappa shape index (κ2) is 6.87. The summed E-state index contributed by atoms with van der Waals surface area (Å²) in [7, 11) is 1.88. The smallest absolute Gasteiger partial charge is 0.248 e. The monoisotopic (exact) mass is 353 g/mol. The molecular weight excluding hydrogens is 330 g/mol. The van der Waals surface area contributed by atoms with Crippen LogP contribution in [0.4, 0.5) is 5.82 Å². The minimum absolute atomic E-state index is 0.371. The minimum Gasteiger partial charge on any atom is -0.357 e. The lowest BCUT2D eigenvalue weighted by Gasteiger charge is -2.27. The molecular formula is C18H23N7O. The van der Waals surface area contributed by atoms with Crippen LogP contribution in [0, 0.1) is 6.92 Å². The molecule has 0 saturated carbocycles. The standard InChI is InChI=1S/C18H23N7O/c1-12-14(11-21-24(12)2)16(19)18-22-17(23-26-18)13-6-7-15(20-10-13)25-8-4-3-5-9-25/h6-7,10-11,16H,3-5,8-9,19H2,1-2H3. The highest BCUT2D eigenvalue weighted by atomic mass is 16.5. The van der Waals surface area contributed by atoms with Crippen LogP contribution in [0.1, 0.15) is 42.5 Å². The van der Waals surface area contributed by atoms with E-state index in [0.717, 1.165) is 35.7 Å². The molecule has 4 rings (SSSR count). The Kier molecular flexibility index (Phi) is 4.42. The van der Waals surface area contributed by atoms with E-state index in [1.54, 1.807) is 17.1 Å². The number of rotatable bonds is 4. The molecule has 26 heavy (non-hydrogen) atoms. The van der Waals surface area contributed by atoms with Gasteiger partial charge in [-0.25, -0.2) is 4.98 Å². The van der Waals surface area contributed by atoms with Gasteiger partial charge in [0.05, 0.1) is 6.20 Å². The van der Waals surface area contributed by atoms with E-state index >= 15 is 0 Å². The highest BCUT2D eigenvalue weighted by Gasteiger charge is 2.21. The van der Waals surface area contributed by atoms with Gasteiger partial charge in [0, 0.05) is 43.2 Å². The Bertz CT molecular complexity index is 877. The summed E-state index contributed by atoms with van der Waals surface area (Å²) >= 11 is 0. The van der Waals surface area contributed by atoms with E-state index in [2.05, 4.69) is 25.1 Å². The maximum Gasteiger partial charge on any atom is 0.248 e. The van der Waals surface area contributed by atoms with Crippen molar-refractivity contribution < 1.29 is 4.52 Å². The van der Waals surface area contributed by atoms with E-state index < -0.39 is 6.04 Å². The molecule has 3 aromatic rings. The Labute approximate surface area is 152 Å². The summed E-state index contributed by atoms with van der Waals surface area (Å²) in [5, 5.41) is 8.28. The lowest BCUT2D eigenvalue weighted by atomic mass is 10.1. The van der Waals surface area contributed by atoms with Crippen molar-refractivity contribution in [2.45, 2.75) is 32.2 Å². The van der Waals surface area contributed by atoms with Crippen LogP contribution in [-0.2, 0) is 7.05 Å². The van der Waals surface area contributed by atoms with Crippen LogP contribution >= 0.6 is 0 Å². The Morgan fingerprint density at radius 2 is 1.96 bits per heavy atom. The molecule has 8 heteroatoms. The third-order valence-electron chi connectivity index (χ3n) is 5.00. The highest BCUT2D eigenvalue weighted by Crippen LogP contribution is 2.25. The van der Waals surface area contributed by atoms with Gasteiger partial charge in [-0.2, -0.15) is 10.1 Å². The van der Waals surface area contributed by atoms with E-state index in [4.69, 9.17) is 10.3 Å². The molecule has 0 bridgehead atoms. The van der Waals surface area contributed by atoms with E-state index in [1.165, 1.54) is 19.3 Å². The van der Waals surface area contributed by atoms with Crippen LogP contribution in [0.3, 0.4) is 0 Å². The predicted molar refractivity (Wildman–Crippen MR) is 97.6 cm³/mol. The molecule has 136 valence electrons. The number of pyridine rings is 1. The zero-order chi connectivity index (χ0) is 18.1. The van der Waals surface area contributed by atoms with Gasteiger partial charge in [0.1, 0.15) is 11.9 Å². The fourth-order valence-electron chi connectivity index (χ4n) is 3.26. The molecule has 1 aliphatic heterocycles. The Morgan fingerprint density at radius 1 is 1.15 bits per heavy atom. The fraction of sp³-hybridized carbons (Fsp3) is 0.444. The Balaban J connectivity index is 1.53. The summed E-state index contributed by atoms with van der Waals surface area (Å²) in [6, 6.07) is 3.50. The lowest BCUT2D eigenvalue weighted by molar-refractivity contribution is 0.367. The second-order valence-corrected chi connectivity index (χ2v) is 6.70. The maximum absolute atomic E-state index is 6.27. The SMILES string of the molecule is Cc1c(C(N)c2nc(-c3ccc(N4CCCCC4)nc3)no2)cnn1C. The van der Waals surface area contributed by atoms with Gasteiger partial charge in [0.2, 0.25) is 11.7 Å². The molecule has 1 saturated heterocycles. The fourth-order valence-corrected chi connectivity index (χ4v) is 3.26. The first-order chi connectivity index (χ1) is 12.6. The molecule has 1 aliphatic rings. The van der Waals surface area contributed by atoms with Crippen molar-refractivity contribution >= 4 is 5.82 Å². The number of aromatic nitrogens is 5. The van der Waals surface area contributed by atoms with E-state index in [1.807, 2.05) is 26.1 Å². The molecule has 1 atom stereocenters. The van der Waals surface area contributed by atoms with Crippen LogP contribution in [-0.4, -0.2) is 38.0 Å². The first-order valence-electron chi connectivity index (χ1n) is 8.92. The number of nitrogens with two attached hydrogens (primary N) is 1. The first kappa shape index (κ1) is 16.7. The Hall–Kier alpha value is -2.74. The number of aryl methyl sites for hydroxylation is 1. The number of nitrogens with zero attached hydrogens (tertiary/aromatic N) is 6. The van der Waals surface area contributed by atoms with Gasteiger partial charge in [-0.1, -0.05) is 5.16 Å². The van der Waals surface area contributed by atoms with E-state index in [9.17, 15) is 0 Å². The lowest BCUT2D eigenvalue weighted by Crippen LogP contribution is -2.29. The van der Waals surface area contributed by atoms with Crippen molar-refractivity contribution in [2.24, 2.45) is 12.8 Å². The van der Waals surface area contributed by atoms with Gasteiger partial charge in [0.15, 0.2) is 0 Å². The Morgan fingerprint density at radius 3 is 2.62 bits per heavy atom. The van der Waals surface area contributed by atoms with Crippen molar-refractivity contribution in [1.29, 1.82) is 0 Å².